The third kappa shape index (κ3) is 4.23. The molecular weight excluding hydrogens is 300 g/mol. The second-order valence-electron chi connectivity index (χ2n) is 4.90. The Morgan fingerprint density at radius 3 is 3.00 bits per heavy atom. The lowest BCUT2D eigenvalue weighted by Crippen LogP contribution is -2.44. The number of aryl methyl sites for hydroxylation is 1. The summed E-state index contributed by atoms with van der Waals surface area (Å²) in [5.41, 5.74) is 0.465. The molecular formula is C11H18N4O3S2. The molecule has 0 aromatic carbocycles. The van der Waals surface area contributed by atoms with Gasteiger partial charge >= 0.3 is 0 Å². The molecule has 1 atom stereocenters. The Kier molecular flexibility index (Phi) is 4.74. The minimum Gasteiger partial charge on any atom is -0.337 e. The summed E-state index contributed by atoms with van der Waals surface area (Å²) in [6.07, 6.45) is 1.73. The van der Waals surface area contributed by atoms with Gasteiger partial charge in [0, 0.05) is 25.0 Å². The zero-order valence-corrected chi connectivity index (χ0v) is 12.8. The summed E-state index contributed by atoms with van der Waals surface area (Å²) in [5.74, 6) is 0.000383. The Morgan fingerprint density at radius 2 is 2.40 bits per heavy atom. The number of piperidine rings is 1. The number of carbonyl (C=O) groups is 1. The van der Waals surface area contributed by atoms with Crippen molar-refractivity contribution >= 4 is 27.5 Å². The maximum absolute atomic E-state index is 12.3. The standard InChI is InChI=1S/C11H18N4O3S2/c1-8-14-10(7-19-8)11(16)15-4-2-3-9(6-15)5-13-20(12,17)18/h7,9,13H,2-6H2,1H3,(H2,12,17,18). The number of likely N-dealkylation sites (tertiary alicyclic amines) is 1. The number of aromatic nitrogens is 1. The highest BCUT2D eigenvalue weighted by atomic mass is 32.2. The molecule has 7 nitrogen and oxygen atoms in total. The minimum absolute atomic E-state index is 0.0883. The fraction of sp³-hybridized carbons (Fsp3) is 0.636. The van der Waals surface area contributed by atoms with Crippen LogP contribution in [-0.4, -0.2) is 43.8 Å². The highest BCUT2D eigenvalue weighted by molar-refractivity contribution is 7.87. The second kappa shape index (κ2) is 6.17. The predicted octanol–water partition coefficient (Wildman–Crippen LogP) is 0.0968. The number of hydrogen-bond acceptors (Lipinski definition) is 5. The van der Waals surface area contributed by atoms with Crippen LogP contribution >= 0.6 is 11.3 Å². The Bertz CT molecular complexity index is 584. The molecule has 0 bridgehead atoms. The molecule has 1 aliphatic rings. The van der Waals surface area contributed by atoms with Crippen molar-refractivity contribution in [1.82, 2.24) is 14.6 Å². The molecule has 0 spiro atoms. The van der Waals surface area contributed by atoms with Crippen molar-refractivity contribution in [2.75, 3.05) is 19.6 Å². The number of amides is 1. The van der Waals surface area contributed by atoms with Gasteiger partial charge in [-0.15, -0.1) is 11.3 Å². The van der Waals surface area contributed by atoms with Crippen LogP contribution in [0, 0.1) is 12.8 Å². The molecule has 1 aromatic rings. The van der Waals surface area contributed by atoms with Gasteiger partial charge < -0.3 is 4.90 Å². The fourth-order valence-electron chi connectivity index (χ4n) is 2.27. The van der Waals surface area contributed by atoms with Crippen LogP contribution in [0.3, 0.4) is 0 Å². The molecule has 1 saturated heterocycles. The summed E-state index contributed by atoms with van der Waals surface area (Å²) in [6.45, 7) is 3.33. The van der Waals surface area contributed by atoms with Crippen molar-refractivity contribution in [3.8, 4) is 0 Å². The number of rotatable bonds is 4. The lowest BCUT2D eigenvalue weighted by molar-refractivity contribution is 0.0671. The first-order valence-electron chi connectivity index (χ1n) is 6.34. The van der Waals surface area contributed by atoms with Crippen molar-refractivity contribution in [2.24, 2.45) is 11.1 Å². The van der Waals surface area contributed by atoms with Gasteiger partial charge in [0.15, 0.2) is 0 Å². The summed E-state index contributed by atoms with van der Waals surface area (Å²) >= 11 is 1.44. The first kappa shape index (κ1) is 15.4. The van der Waals surface area contributed by atoms with E-state index in [1.807, 2.05) is 6.92 Å². The molecule has 1 aromatic heterocycles. The van der Waals surface area contributed by atoms with Crippen molar-refractivity contribution in [1.29, 1.82) is 0 Å². The van der Waals surface area contributed by atoms with E-state index in [-0.39, 0.29) is 18.4 Å². The molecule has 0 saturated carbocycles. The van der Waals surface area contributed by atoms with E-state index in [0.29, 0.717) is 18.8 Å². The minimum atomic E-state index is -3.67. The molecule has 112 valence electrons. The number of hydrogen-bond donors (Lipinski definition) is 2. The van der Waals surface area contributed by atoms with Gasteiger partial charge in [-0.3, -0.25) is 4.79 Å². The van der Waals surface area contributed by atoms with Crippen LogP contribution in [-0.2, 0) is 10.2 Å². The van der Waals surface area contributed by atoms with Gasteiger partial charge in [-0.05, 0) is 25.7 Å². The summed E-state index contributed by atoms with van der Waals surface area (Å²) in [5, 5.41) is 7.53. The van der Waals surface area contributed by atoms with E-state index >= 15 is 0 Å². The highest BCUT2D eigenvalue weighted by Crippen LogP contribution is 2.19. The second-order valence-corrected chi connectivity index (χ2v) is 7.35. The smallest absolute Gasteiger partial charge is 0.274 e. The number of thiazole rings is 1. The molecule has 1 aliphatic heterocycles. The third-order valence-corrected chi connectivity index (χ3v) is 4.56. The monoisotopic (exact) mass is 318 g/mol. The molecule has 1 amide bonds. The van der Waals surface area contributed by atoms with Gasteiger partial charge in [-0.25, -0.2) is 14.8 Å². The van der Waals surface area contributed by atoms with E-state index in [2.05, 4.69) is 9.71 Å². The quantitative estimate of drug-likeness (QED) is 0.821. The normalized spacial score (nSPS) is 20.1. The SMILES string of the molecule is Cc1nc(C(=O)N2CCCC(CNS(N)(=O)=O)C2)cs1. The summed E-state index contributed by atoms with van der Waals surface area (Å²) in [7, 11) is -3.67. The highest BCUT2D eigenvalue weighted by Gasteiger charge is 2.26. The number of nitrogens with zero attached hydrogens (tertiary/aromatic N) is 2. The van der Waals surface area contributed by atoms with Crippen LogP contribution in [0.25, 0.3) is 0 Å². The van der Waals surface area contributed by atoms with E-state index in [9.17, 15) is 13.2 Å². The summed E-state index contributed by atoms with van der Waals surface area (Å²) in [6, 6.07) is 0. The first-order valence-corrected chi connectivity index (χ1v) is 8.76. The van der Waals surface area contributed by atoms with Crippen LogP contribution in [0.15, 0.2) is 5.38 Å². The lowest BCUT2D eigenvalue weighted by atomic mass is 9.98. The van der Waals surface area contributed by atoms with Gasteiger partial charge in [-0.2, -0.15) is 8.42 Å². The Hall–Kier alpha value is -1.03. The molecule has 3 N–H and O–H groups in total. The Morgan fingerprint density at radius 1 is 1.65 bits per heavy atom. The zero-order chi connectivity index (χ0) is 14.8. The van der Waals surface area contributed by atoms with Crippen LogP contribution in [0.4, 0.5) is 0 Å². The van der Waals surface area contributed by atoms with E-state index < -0.39 is 10.2 Å². The maximum atomic E-state index is 12.3. The molecule has 0 radical (unpaired) electrons. The molecule has 0 aliphatic carbocycles. The maximum Gasteiger partial charge on any atom is 0.274 e. The largest absolute Gasteiger partial charge is 0.337 e. The lowest BCUT2D eigenvalue weighted by Gasteiger charge is -2.32. The number of carbonyl (C=O) groups excluding carboxylic acids is 1. The molecule has 1 unspecified atom stereocenters. The predicted molar refractivity (Wildman–Crippen MR) is 76.6 cm³/mol. The molecule has 20 heavy (non-hydrogen) atoms. The average molecular weight is 318 g/mol. The van der Waals surface area contributed by atoms with Crippen LogP contribution in [0.1, 0.15) is 28.3 Å². The molecule has 2 rings (SSSR count). The molecule has 9 heteroatoms. The van der Waals surface area contributed by atoms with Gasteiger partial charge in [0.05, 0.1) is 5.01 Å². The molecule has 1 fully saturated rings. The zero-order valence-electron chi connectivity index (χ0n) is 11.2. The first-order chi connectivity index (χ1) is 9.35. The van der Waals surface area contributed by atoms with E-state index in [1.165, 1.54) is 11.3 Å². The van der Waals surface area contributed by atoms with Gasteiger partial charge in [0.1, 0.15) is 5.69 Å². The van der Waals surface area contributed by atoms with E-state index in [0.717, 1.165) is 17.8 Å². The van der Waals surface area contributed by atoms with Crippen LogP contribution in [0.5, 0.6) is 0 Å². The van der Waals surface area contributed by atoms with Gasteiger partial charge in [-0.1, -0.05) is 0 Å². The third-order valence-electron chi connectivity index (χ3n) is 3.22. The number of nitrogens with two attached hydrogens (primary N) is 1. The van der Waals surface area contributed by atoms with Crippen molar-refractivity contribution < 1.29 is 13.2 Å². The number of nitrogens with one attached hydrogen (secondary N) is 1. The van der Waals surface area contributed by atoms with E-state index in [1.54, 1.807) is 10.3 Å². The van der Waals surface area contributed by atoms with Crippen molar-refractivity contribution in [3.63, 3.8) is 0 Å². The van der Waals surface area contributed by atoms with Gasteiger partial charge in [0.2, 0.25) is 0 Å². The van der Waals surface area contributed by atoms with Crippen molar-refractivity contribution in [3.05, 3.63) is 16.1 Å². The Balaban J connectivity index is 1.94. The van der Waals surface area contributed by atoms with Crippen molar-refractivity contribution in [2.45, 2.75) is 19.8 Å². The fourth-order valence-corrected chi connectivity index (χ4v) is 3.33. The average Bonchev–Trinajstić information content (AvgIpc) is 2.82. The topological polar surface area (TPSA) is 105 Å². The van der Waals surface area contributed by atoms with Crippen LogP contribution in [0.2, 0.25) is 0 Å². The van der Waals surface area contributed by atoms with Gasteiger partial charge in [0.25, 0.3) is 16.1 Å². The van der Waals surface area contributed by atoms with Crippen LogP contribution < -0.4 is 9.86 Å². The molecule has 2 heterocycles. The summed E-state index contributed by atoms with van der Waals surface area (Å²) < 4.78 is 24.1. The van der Waals surface area contributed by atoms with E-state index in [4.69, 9.17) is 5.14 Å². The Labute approximate surface area is 122 Å². The summed E-state index contributed by atoms with van der Waals surface area (Å²) in [4.78, 5) is 18.2.